The van der Waals surface area contributed by atoms with Gasteiger partial charge in [0.1, 0.15) is 11.6 Å². The van der Waals surface area contributed by atoms with E-state index in [0.29, 0.717) is 6.54 Å². The average Bonchev–Trinajstić information content (AvgIpc) is 2.45. The summed E-state index contributed by atoms with van der Waals surface area (Å²) in [6, 6.07) is 14.5. The molecule has 2 nitrogen and oxygen atoms in total. The minimum absolute atomic E-state index is 0.0526. The van der Waals surface area contributed by atoms with Crippen LogP contribution in [0, 0.1) is 5.82 Å². The Labute approximate surface area is 113 Å². The van der Waals surface area contributed by atoms with Crippen LogP contribution in [0.25, 0.3) is 0 Å². The van der Waals surface area contributed by atoms with Gasteiger partial charge in [0.2, 0.25) is 0 Å². The van der Waals surface area contributed by atoms with E-state index < -0.39 is 0 Å². The van der Waals surface area contributed by atoms with E-state index in [2.05, 4.69) is 0 Å². The van der Waals surface area contributed by atoms with Crippen LogP contribution in [0.4, 0.5) is 4.39 Å². The van der Waals surface area contributed by atoms with Crippen LogP contribution in [-0.2, 0) is 0 Å². The maximum Gasteiger partial charge on any atom is 0.123 e. The molecular formula is C16H18FNO. The number of hydrogen-bond donors (Lipinski definition) is 1. The number of rotatable bonds is 5. The fourth-order valence-corrected chi connectivity index (χ4v) is 2.35. The number of ether oxygens (including phenoxy) is 1. The molecule has 100 valence electrons. The van der Waals surface area contributed by atoms with Gasteiger partial charge in [-0.25, -0.2) is 4.39 Å². The Balaban J connectivity index is 2.45. The number of benzene rings is 2. The number of nitrogens with two attached hydrogens (primary N) is 1. The molecule has 0 aromatic heterocycles. The predicted molar refractivity (Wildman–Crippen MR) is 74.9 cm³/mol. The van der Waals surface area contributed by atoms with Crippen molar-refractivity contribution >= 4 is 0 Å². The molecule has 0 saturated carbocycles. The molecule has 0 aliphatic rings. The van der Waals surface area contributed by atoms with Gasteiger partial charge < -0.3 is 10.5 Å². The Hall–Kier alpha value is -1.87. The molecule has 0 amide bonds. The molecule has 2 N–H and O–H groups in total. The summed E-state index contributed by atoms with van der Waals surface area (Å²) in [6.45, 7) is 0.541. The van der Waals surface area contributed by atoms with Crippen LogP contribution in [0.1, 0.15) is 23.5 Å². The first-order chi connectivity index (χ1) is 9.26. The van der Waals surface area contributed by atoms with E-state index in [0.717, 1.165) is 23.3 Å². The lowest BCUT2D eigenvalue weighted by atomic mass is 9.88. The van der Waals surface area contributed by atoms with E-state index in [1.165, 1.54) is 6.07 Å². The topological polar surface area (TPSA) is 35.2 Å². The zero-order valence-electron chi connectivity index (χ0n) is 11.0. The van der Waals surface area contributed by atoms with Gasteiger partial charge in [0.25, 0.3) is 0 Å². The SMILES string of the molecule is COc1ccccc1C(CCN)c1cccc(F)c1. The minimum Gasteiger partial charge on any atom is -0.496 e. The van der Waals surface area contributed by atoms with Crippen molar-refractivity contribution in [2.45, 2.75) is 12.3 Å². The molecule has 3 heteroatoms. The second kappa shape index (κ2) is 6.34. The molecule has 2 aromatic rings. The maximum atomic E-state index is 13.4. The molecule has 2 rings (SSSR count). The van der Waals surface area contributed by atoms with Gasteiger partial charge in [-0.15, -0.1) is 0 Å². The van der Waals surface area contributed by atoms with Gasteiger partial charge in [-0.3, -0.25) is 0 Å². The first kappa shape index (κ1) is 13.6. The molecule has 0 fully saturated rings. The van der Waals surface area contributed by atoms with Crippen LogP contribution in [0.5, 0.6) is 5.75 Å². The summed E-state index contributed by atoms with van der Waals surface area (Å²) in [5.41, 5.74) is 7.67. The van der Waals surface area contributed by atoms with Gasteiger partial charge in [-0.2, -0.15) is 0 Å². The maximum absolute atomic E-state index is 13.4. The summed E-state index contributed by atoms with van der Waals surface area (Å²) in [6.07, 6.45) is 0.754. The molecule has 0 aliphatic heterocycles. The molecule has 1 unspecified atom stereocenters. The Morgan fingerprint density at radius 1 is 1.16 bits per heavy atom. The summed E-state index contributed by atoms with van der Waals surface area (Å²) >= 11 is 0. The number of para-hydroxylation sites is 1. The quantitative estimate of drug-likeness (QED) is 0.894. The van der Waals surface area contributed by atoms with Gasteiger partial charge in [-0.1, -0.05) is 30.3 Å². The molecule has 0 bridgehead atoms. The number of methoxy groups -OCH3 is 1. The monoisotopic (exact) mass is 259 g/mol. The van der Waals surface area contributed by atoms with Crippen molar-refractivity contribution in [3.8, 4) is 5.75 Å². The molecule has 2 aromatic carbocycles. The zero-order valence-corrected chi connectivity index (χ0v) is 11.0. The van der Waals surface area contributed by atoms with Gasteiger partial charge in [0.05, 0.1) is 7.11 Å². The second-order valence-corrected chi connectivity index (χ2v) is 4.43. The first-order valence-corrected chi connectivity index (χ1v) is 6.34. The molecular weight excluding hydrogens is 241 g/mol. The average molecular weight is 259 g/mol. The van der Waals surface area contributed by atoms with E-state index in [1.54, 1.807) is 19.2 Å². The fraction of sp³-hybridized carbons (Fsp3) is 0.250. The van der Waals surface area contributed by atoms with Crippen LogP contribution < -0.4 is 10.5 Å². The largest absolute Gasteiger partial charge is 0.496 e. The highest BCUT2D eigenvalue weighted by atomic mass is 19.1. The van der Waals surface area contributed by atoms with Gasteiger partial charge in [-0.05, 0) is 36.7 Å². The van der Waals surface area contributed by atoms with Gasteiger partial charge in [0, 0.05) is 11.5 Å². The van der Waals surface area contributed by atoms with E-state index >= 15 is 0 Å². The standard InChI is InChI=1S/C16H18FNO/c1-19-16-8-3-2-7-15(16)14(9-10-18)12-5-4-6-13(17)11-12/h2-8,11,14H,9-10,18H2,1H3. The Kier molecular flexibility index (Phi) is 4.53. The third-order valence-electron chi connectivity index (χ3n) is 3.22. The van der Waals surface area contributed by atoms with Crippen molar-refractivity contribution < 1.29 is 9.13 Å². The van der Waals surface area contributed by atoms with Crippen molar-refractivity contribution in [3.63, 3.8) is 0 Å². The highest BCUT2D eigenvalue weighted by Gasteiger charge is 2.17. The summed E-state index contributed by atoms with van der Waals surface area (Å²) < 4.78 is 18.8. The van der Waals surface area contributed by atoms with Crippen molar-refractivity contribution in [1.29, 1.82) is 0 Å². The lowest BCUT2D eigenvalue weighted by Crippen LogP contribution is -2.10. The van der Waals surface area contributed by atoms with Crippen molar-refractivity contribution in [2.24, 2.45) is 5.73 Å². The molecule has 1 atom stereocenters. The van der Waals surface area contributed by atoms with E-state index in [1.807, 2.05) is 30.3 Å². The second-order valence-electron chi connectivity index (χ2n) is 4.43. The van der Waals surface area contributed by atoms with Crippen LogP contribution in [0.15, 0.2) is 48.5 Å². The van der Waals surface area contributed by atoms with Crippen LogP contribution in [0.2, 0.25) is 0 Å². The van der Waals surface area contributed by atoms with Crippen molar-refractivity contribution in [2.75, 3.05) is 13.7 Å². The van der Waals surface area contributed by atoms with Crippen LogP contribution >= 0.6 is 0 Å². The van der Waals surface area contributed by atoms with E-state index in [9.17, 15) is 4.39 Å². The highest BCUT2D eigenvalue weighted by Crippen LogP contribution is 2.34. The summed E-state index contributed by atoms with van der Waals surface area (Å²) in [5.74, 6) is 0.636. The number of halogens is 1. The molecule has 0 heterocycles. The Morgan fingerprint density at radius 2 is 1.95 bits per heavy atom. The lowest BCUT2D eigenvalue weighted by molar-refractivity contribution is 0.406. The van der Waals surface area contributed by atoms with E-state index in [4.69, 9.17) is 10.5 Å². The molecule has 0 radical (unpaired) electrons. The van der Waals surface area contributed by atoms with Crippen LogP contribution in [0.3, 0.4) is 0 Å². The molecule has 0 saturated heterocycles. The lowest BCUT2D eigenvalue weighted by Gasteiger charge is -2.19. The summed E-state index contributed by atoms with van der Waals surface area (Å²) in [4.78, 5) is 0. The van der Waals surface area contributed by atoms with E-state index in [-0.39, 0.29) is 11.7 Å². The van der Waals surface area contributed by atoms with Gasteiger partial charge >= 0.3 is 0 Å². The zero-order chi connectivity index (χ0) is 13.7. The Bertz CT molecular complexity index is 542. The fourth-order valence-electron chi connectivity index (χ4n) is 2.35. The van der Waals surface area contributed by atoms with Crippen LogP contribution in [-0.4, -0.2) is 13.7 Å². The molecule has 19 heavy (non-hydrogen) atoms. The summed E-state index contributed by atoms with van der Waals surface area (Å²) in [5, 5.41) is 0. The van der Waals surface area contributed by atoms with Crippen molar-refractivity contribution in [1.82, 2.24) is 0 Å². The molecule has 0 aliphatic carbocycles. The Morgan fingerprint density at radius 3 is 2.63 bits per heavy atom. The highest BCUT2D eigenvalue weighted by molar-refractivity contribution is 5.42. The smallest absolute Gasteiger partial charge is 0.123 e. The third-order valence-corrected chi connectivity index (χ3v) is 3.22. The molecule has 0 spiro atoms. The summed E-state index contributed by atoms with van der Waals surface area (Å²) in [7, 11) is 1.64. The van der Waals surface area contributed by atoms with Crippen molar-refractivity contribution in [3.05, 3.63) is 65.5 Å². The number of hydrogen-bond acceptors (Lipinski definition) is 2. The first-order valence-electron chi connectivity index (χ1n) is 6.34. The normalized spacial score (nSPS) is 12.2. The van der Waals surface area contributed by atoms with Gasteiger partial charge in [0.15, 0.2) is 0 Å². The predicted octanol–water partition coefficient (Wildman–Crippen LogP) is 3.32. The minimum atomic E-state index is -0.227. The third kappa shape index (κ3) is 3.12.